The third-order valence-corrected chi connectivity index (χ3v) is 5.11. The standard InChI is InChI=1S/C20H22N2O2S/c1-3-4-12-22-19(23)17-10-5-6-11-18(17)21-20(22)25-14-15-8-7-9-16(13-15)24-2/h5-11,13H,3-4,12,14H2,1-2H3. The number of benzene rings is 2. The van der Waals surface area contributed by atoms with Crippen LogP contribution in [0.25, 0.3) is 10.9 Å². The van der Waals surface area contributed by atoms with E-state index in [1.54, 1.807) is 18.9 Å². The van der Waals surface area contributed by atoms with Gasteiger partial charge in [-0.25, -0.2) is 4.98 Å². The molecule has 0 spiro atoms. The minimum absolute atomic E-state index is 0.0483. The zero-order valence-corrected chi connectivity index (χ0v) is 15.4. The first kappa shape index (κ1) is 17.5. The quantitative estimate of drug-likeness (QED) is 0.463. The molecule has 0 aliphatic carbocycles. The molecule has 0 aliphatic heterocycles. The fraction of sp³-hybridized carbons (Fsp3) is 0.300. The maximum Gasteiger partial charge on any atom is 0.262 e. The van der Waals surface area contributed by atoms with E-state index in [-0.39, 0.29) is 5.56 Å². The highest BCUT2D eigenvalue weighted by Crippen LogP contribution is 2.24. The molecule has 5 heteroatoms. The number of rotatable bonds is 7. The number of para-hydroxylation sites is 1. The zero-order valence-electron chi connectivity index (χ0n) is 14.6. The van der Waals surface area contributed by atoms with Crippen LogP contribution < -0.4 is 10.3 Å². The lowest BCUT2D eigenvalue weighted by atomic mass is 10.2. The number of nitrogens with zero attached hydrogens (tertiary/aromatic N) is 2. The number of thioether (sulfide) groups is 1. The molecular formula is C20H22N2O2S. The third-order valence-electron chi connectivity index (χ3n) is 4.06. The number of aromatic nitrogens is 2. The average Bonchev–Trinajstić information content (AvgIpc) is 2.66. The van der Waals surface area contributed by atoms with Crippen molar-refractivity contribution in [3.05, 3.63) is 64.4 Å². The van der Waals surface area contributed by atoms with Crippen molar-refractivity contribution in [2.45, 2.75) is 37.2 Å². The van der Waals surface area contributed by atoms with Crippen LogP contribution in [0.4, 0.5) is 0 Å². The summed E-state index contributed by atoms with van der Waals surface area (Å²) >= 11 is 1.60. The van der Waals surface area contributed by atoms with Gasteiger partial charge < -0.3 is 4.74 Å². The predicted molar refractivity (Wildman–Crippen MR) is 103 cm³/mol. The number of unbranched alkanes of at least 4 members (excludes halogenated alkanes) is 1. The van der Waals surface area contributed by atoms with Crippen LogP contribution >= 0.6 is 11.8 Å². The molecule has 25 heavy (non-hydrogen) atoms. The Balaban J connectivity index is 1.94. The summed E-state index contributed by atoms with van der Waals surface area (Å²) in [7, 11) is 1.67. The van der Waals surface area contributed by atoms with Crippen LogP contribution in [0.1, 0.15) is 25.3 Å². The molecule has 130 valence electrons. The summed E-state index contributed by atoms with van der Waals surface area (Å²) in [6.07, 6.45) is 2.01. The molecular weight excluding hydrogens is 332 g/mol. The van der Waals surface area contributed by atoms with Gasteiger partial charge in [0.15, 0.2) is 5.16 Å². The molecule has 4 nitrogen and oxygen atoms in total. The fourth-order valence-corrected chi connectivity index (χ4v) is 3.65. The van der Waals surface area contributed by atoms with E-state index in [0.29, 0.717) is 11.9 Å². The van der Waals surface area contributed by atoms with Crippen molar-refractivity contribution in [3.8, 4) is 5.75 Å². The summed E-state index contributed by atoms with van der Waals surface area (Å²) in [6.45, 7) is 2.83. The van der Waals surface area contributed by atoms with Crippen LogP contribution in [0.2, 0.25) is 0 Å². The van der Waals surface area contributed by atoms with Gasteiger partial charge in [0.1, 0.15) is 5.75 Å². The van der Waals surface area contributed by atoms with E-state index in [4.69, 9.17) is 9.72 Å². The monoisotopic (exact) mass is 354 g/mol. The van der Waals surface area contributed by atoms with Gasteiger partial charge in [0.25, 0.3) is 5.56 Å². The molecule has 0 unspecified atom stereocenters. The molecule has 3 aromatic rings. The van der Waals surface area contributed by atoms with Gasteiger partial charge in [-0.2, -0.15) is 0 Å². The molecule has 0 saturated heterocycles. The minimum Gasteiger partial charge on any atom is -0.497 e. The molecule has 0 saturated carbocycles. The Kier molecular flexibility index (Phi) is 5.76. The van der Waals surface area contributed by atoms with E-state index in [2.05, 4.69) is 13.0 Å². The van der Waals surface area contributed by atoms with Crippen molar-refractivity contribution in [2.75, 3.05) is 7.11 Å². The van der Waals surface area contributed by atoms with Crippen LogP contribution in [0.5, 0.6) is 5.75 Å². The highest BCUT2D eigenvalue weighted by molar-refractivity contribution is 7.98. The zero-order chi connectivity index (χ0) is 17.6. The molecule has 0 aliphatic rings. The summed E-state index contributed by atoms with van der Waals surface area (Å²) in [4.78, 5) is 17.6. The normalized spacial score (nSPS) is 11.0. The van der Waals surface area contributed by atoms with Gasteiger partial charge >= 0.3 is 0 Å². The van der Waals surface area contributed by atoms with Gasteiger partial charge in [0, 0.05) is 12.3 Å². The van der Waals surface area contributed by atoms with Crippen molar-refractivity contribution < 1.29 is 4.74 Å². The van der Waals surface area contributed by atoms with E-state index in [1.807, 2.05) is 47.0 Å². The minimum atomic E-state index is 0.0483. The SMILES string of the molecule is CCCCn1c(SCc2cccc(OC)c2)nc2ccccc2c1=O. The van der Waals surface area contributed by atoms with E-state index in [1.165, 1.54) is 0 Å². The summed E-state index contributed by atoms with van der Waals surface area (Å²) < 4.78 is 7.10. The van der Waals surface area contributed by atoms with Gasteiger partial charge in [0.2, 0.25) is 0 Å². The van der Waals surface area contributed by atoms with E-state index < -0.39 is 0 Å². The number of hydrogen-bond donors (Lipinski definition) is 0. The molecule has 0 N–H and O–H groups in total. The smallest absolute Gasteiger partial charge is 0.262 e. The molecule has 0 bridgehead atoms. The highest BCUT2D eigenvalue weighted by Gasteiger charge is 2.11. The second kappa shape index (κ2) is 8.21. The molecule has 1 aromatic heterocycles. The Morgan fingerprint density at radius 2 is 2.00 bits per heavy atom. The second-order valence-corrected chi connectivity index (χ2v) is 6.80. The first-order chi connectivity index (χ1) is 12.2. The van der Waals surface area contributed by atoms with Crippen molar-refractivity contribution in [3.63, 3.8) is 0 Å². The second-order valence-electron chi connectivity index (χ2n) is 5.86. The molecule has 0 atom stereocenters. The molecule has 0 radical (unpaired) electrons. The molecule has 1 heterocycles. The Morgan fingerprint density at radius 3 is 2.80 bits per heavy atom. The third kappa shape index (κ3) is 4.04. The fourth-order valence-electron chi connectivity index (χ4n) is 2.68. The van der Waals surface area contributed by atoms with Gasteiger partial charge in [-0.15, -0.1) is 0 Å². The molecule has 3 rings (SSSR count). The first-order valence-electron chi connectivity index (χ1n) is 8.48. The van der Waals surface area contributed by atoms with Gasteiger partial charge in [-0.3, -0.25) is 9.36 Å². The van der Waals surface area contributed by atoms with Gasteiger partial charge in [-0.1, -0.05) is 49.4 Å². The van der Waals surface area contributed by atoms with Crippen LogP contribution in [-0.2, 0) is 12.3 Å². The lowest BCUT2D eigenvalue weighted by Gasteiger charge is -2.13. The summed E-state index contributed by atoms with van der Waals surface area (Å²) in [5.74, 6) is 1.58. The predicted octanol–water partition coefficient (Wildman–Crippen LogP) is 4.50. The summed E-state index contributed by atoms with van der Waals surface area (Å²) in [5, 5.41) is 1.46. The number of hydrogen-bond acceptors (Lipinski definition) is 4. The Bertz CT molecular complexity index is 921. The number of methoxy groups -OCH3 is 1. The lowest BCUT2D eigenvalue weighted by molar-refractivity contribution is 0.414. The highest BCUT2D eigenvalue weighted by atomic mass is 32.2. The number of fused-ring (bicyclic) bond motifs is 1. The summed E-state index contributed by atoms with van der Waals surface area (Å²) in [5.41, 5.74) is 1.95. The lowest BCUT2D eigenvalue weighted by Crippen LogP contribution is -2.23. The Hall–Kier alpha value is -2.27. The van der Waals surface area contributed by atoms with Crippen molar-refractivity contribution in [1.82, 2.24) is 9.55 Å². The Labute approximate surface area is 151 Å². The maximum atomic E-state index is 12.9. The van der Waals surface area contributed by atoms with Crippen LogP contribution in [0.15, 0.2) is 58.5 Å². The average molecular weight is 354 g/mol. The topological polar surface area (TPSA) is 44.1 Å². The van der Waals surface area contributed by atoms with Crippen LogP contribution in [0.3, 0.4) is 0 Å². The molecule has 0 fully saturated rings. The molecule has 0 amide bonds. The molecule has 2 aromatic carbocycles. The van der Waals surface area contributed by atoms with E-state index in [0.717, 1.165) is 40.6 Å². The van der Waals surface area contributed by atoms with Crippen molar-refractivity contribution in [2.24, 2.45) is 0 Å². The largest absolute Gasteiger partial charge is 0.497 e. The Morgan fingerprint density at radius 1 is 1.16 bits per heavy atom. The van der Waals surface area contributed by atoms with Gasteiger partial charge in [0.05, 0.1) is 18.0 Å². The maximum absolute atomic E-state index is 12.9. The van der Waals surface area contributed by atoms with Gasteiger partial charge in [-0.05, 0) is 36.2 Å². The van der Waals surface area contributed by atoms with Crippen LogP contribution in [-0.4, -0.2) is 16.7 Å². The van der Waals surface area contributed by atoms with Crippen LogP contribution in [0, 0.1) is 0 Å². The van der Waals surface area contributed by atoms with Crippen molar-refractivity contribution in [1.29, 1.82) is 0 Å². The summed E-state index contributed by atoms with van der Waals surface area (Å²) in [6, 6.07) is 15.5. The van der Waals surface area contributed by atoms with Crippen molar-refractivity contribution >= 4 is 22.7 Å². The van der Waals surface area contributed by atoms with E-state index in [9.17, 15) is 4.79 Å². The van der Waals surface area contributed by atoms with E-state index >= 15 is 0 Å². The number of ether oxygens (including phenoxy) is 1. The first-order valence-corrected chi connectivity index (χ1v) is 9.46.